The van der Waals surface area contributed by atoms with Gasteiger partial charge in [-0.25, -0.2) is 0 Å². The SMILES string of the molecule is COc1ccc([P@@]2(=O)OC(COCc3ccccc3)[C@@H](OCc3ccccc3)C(OCc3ccccc3)C2O)cc1. The maximum Gasteiger partial charge on any atom is 0.262 e. The molecule has 0 saturated carbocycles. The topological polar surface area (TPSA) is 83.5 Å². The molecule has 1 fully saturated rings. The van der Waals surface area contributed by atoms with Crippen molar-refractivity contribution >= 4 is 12.7 Å². The highest BCUT2D eigenvalue weighted by molar-refractivity contribution is 7.67. The molecule has 4 aromatic rings. The van der Waals surface area contributed by atoms with Gasteiger partial charge >= 0.3 is 0 Å². The van der Waals surface area contributed by atoms with Crippen molar-refractivity contribution < 1.29 is 33.1 Å². The first-order valence-corrected chi connectivity index (χ1v) is 15.3. The van der Waals surface area contributed by atoms with Crippen molar-refractivity contribution in [1.29, 1.82) is 0 Å². The maximum absolute atomic E-state index is 14.5. The van der Waals surface area contributed by atoms with Crippen molar-refractivity contribution in [3.63, 3.8) is 0 Å². The van der Waals surface area contributed by atoms with Crippen LogP contribution >= 0.6 is 7.37 Å². The van der Waals surface area contributed by atoms with Crippen LogP contribution in [0.4, 0.5) is 0 Å². The summed E-state index contributed by atoms with van der Waals surface area (Å²) in [7, 11) is -2.29. The van der Waals surface area contributed by atoms with Gasteiger partial charge in [0.25, 0.3) is 7.37 Å². The number of aliphatic hydroxyl groups is 1. The zero-order chi connectivity index (χ0) is 28.5. The third kappa shape index (κ3) is 7.32. The third-order valence-corrected chi connectivity index (χ3v) is 9.61. The highest BCUT2D eigenvalue weighted by atomic mass is 31.2. The Labute approximate surface area is 241 Å². The summed E-state index contributed by atoms with van der Waals surface area (Å²) >= 11 is 0. The van der Waals surface area contributed by atoms with Crippen LogP contribution in [0, 0.1) is 0 Å². The largest absolute Gasteiger partial charge is 0.497 e. The molecule has 3 unspecified atom stereocenters. The number of methoxy groups -OCH3 is 1. The lowest BCUT2D eigenvalue weighted by Crippen LogP contribution is -2.55. The first-order valence-electron chi connectivity index (χ1n) is 13.6. The smallest absolute Gasteiger partial charge is 0.262 e. The van der Waals surface area contributed by atoms with E-state index in [0.29, 0.717) is 17.7 Å². The van der Waals surface area contributed by atoms with Gasteiger partial charge in [0.2, 0.25) is 0 Å². The van der Waals surface area contributed by atoms with Gasteiger partial charge in [-0.2, -0.15) is 0 Å². The Balaban J connectivity index is 1.45. The molecular weight excluding hydrogens is 539 g/mol. The van der Waals surface area contributed by atoms with Gasteiger partial charge in [-0.3, -0.25) is 4.57 Å². The van der Waals surface area contributed by atoms with E-state index in [1.807, 2.05) is 91.0 Å². The number of ether oxygens (including phenoxy) is 4. The molecule has 1 saturated heterocycles. The lowest BCUT2D eigenvalue weighted by atomic mass is 10.1. The van der Waals surface area contributed by atoms with E-state index >= 15 is 0 Å². The molecule has 1 aliphatic rings. The minimum Gasteiger partial charge on any atom is -0.497 e. The van der Waals surface area contributed by atoms with Crippen LogP contribution in [0.3, 0.4) is 0 Å². The molecule has 41 heavy (non-hydrogen) atoms. The third-order valence-electron chi connectivity index (χ3n) is 7.02. The molecule has 0 aromatic heterocycles. The summed E-state index contributed by atoms with van der Waals surface area (Å²) in [6.45, 7) is 0.895. The first-order chi connectivity index (χ1) is 20.1. The van der Waals surface area contributed by atoms with Crippen LogP contribution in [0.1, 0.15) is 16.7 Å². The quantitative estimate of drug-likeness (QED) is 0.217. The molecule has 214 valence electrons. The van der Waals surface area contributed by atoms with Crippen molar-refractivity contribution in [2.24, 2.45) is 0 Å². The minimum atomic E-state index is -3.85. The second-order valence-electron chi connectivity index (χ2n) is 9.88. The number of benzene rings is 4. The number of aliphatic hydroxyl groups excluding tert-OH is 1. The summed E-state index contributed by atoms with van der Waals surface area (Å²) in [6.07, 6.45) is -2.49. The van der Waals surface area contributed by atoms with Gasteiger partial charge < -0.3 is 28.6 Å². The van der Waals surface area contributed by atoms with Gasteiger partial charge in [-0.15, -0.1) is 0 Å². The van der Waals surface area contributed by atoms with Crippen LogP contribution in [0.2, 0.25) is 0 Å². The maximum atomic E-state index is 14.5. The van der Waals surface area contributed by atoms with E-state index in [2.05, 4.69) is 0 Å². The Hall–Kier alpha value is -3.29. The molecule has 0 amide bonds. The predicted molar refractivity (Wildman–Crippen MR) is 157 cm³/mol. The summed E-state index contributed by atoms with van der Waals surface area (Å²) in [4.78, 5) is 0. The molecule has 0 spiro atoms. The molecule has 0 aliphatic carbocycles. The summed E-state index contributed by atoms with van der Waals surface area (Å²) in [6, 6.07) is 35.9. The predicted octanol–water partition coefficient (Wildman–Crippen LogP) is 5.70. The van der Waals surface area contributed by atoms with E-state index in [4.69, 9.17) is 23.5 Å². The lowest BCUT2D eigenvalue weighted by molar-refractivity contribution is -0.174. The van der Waals surface area contributed by atoms with Crippen molar-refractivity contribution in [2.45, 2.75) is 44.0 Å². The van der Waals surface area contributed by atoms with Crippen molar-refractivity contribution in [3.05, 3.63) is 132 Å². The van der Waals surface area contributed by atoms with Crippen molar-refractivity contribution in [3.8, 4) is 5.75 Å². The molecule has 7 nitrogen and oxygen atoms in total. The zero-order valence-electron chi connectivity index (χ0n) is 23.0. The number of rotatable bonds is 12. The molecule has 8 heteroatoms. The summed E-state index contributed by atoms with van der Waals surface area (Å²) in [5, 5.41) is 12.0. The second kappa shape index (κ2) is 14.1. The van der Waals surface area contributed by atoms with Gasteiger partial charge in [0.05, 0.1) is 33.5 Å². The molecule has 1 N–H and O–H groups in total. The summed E-state index contributed by atoms with van der Waals surface area (Å²) in [5.74, 6) is -0.860. The molecule has 5 rings (SSSR count). The van der Waals surface area contributed by atoms with E-state index in [-0.39, 0.29) is 19.8 Å². The lowest BCUT2D eigenvalue weighted by Gasteiger charge is -2.44. The molecule has 0 bridgehead atoms. The van der Waals surface area contributed by atoms with E-state index in [9.17, 15) is 9.67 Å². The Kier molecular flexibility index (Phi) is 10.0. The second-order valence-corrected chi connectivity index (χ2v) is 12.3. The van der Waals surface area contributed by atoms with E-state index in [1.54, 1.807) is 31.4 Å². The van der Waals surface area contributed by atoms with Crippen LogP contribution in [0.25, 0.3) is 0 Å². The Morgan fingerprint density at radius 1 is 0.683 bits per heavy atom. The van der Waals surface area contributed by atoms with Crippen molar-refractivity contribution in [1.82, 2.24) is 0 Å². The van der Waals surface area contributed by atoms with Gasteiger partial charge in [0.1, 0.15) is 24.1 Å². The standard InChI is InChI=1S/C33H35O7P/c1-36-28-17-19-29(20-18-28)41(35)33(34)32(39-23-27-15-9-4-10-16-27)31(38-22-26-13-7-3-8-14-26)30(40-41)24-37-21-25-11-5-2-6-12-25/h2-20,30-34H,21-24H2,1H3/t30?,31-,32?,33?,41-/m1/s1. The monoisotopic (exact) mass is 574 g/mol. The zero-order valence-corrected chi connectivity index (χ0v) is 23.8. The van der Waals surface area contributed by atoms with Gasteiger partial charge in [0, 0.05) is 5.30 Å². The average Bonchev–Trinajstić information content (AvgIpc) is 3.03. The fraction of sp³-hybridized carbons (Fsp3) is 0.273. The van der Waals surface area contributed by atoms with Crippen molar-refractivity contribution in [2.75, 3.05) is 13.7 Å². The molecular formula is C33H35O7P. The average molecular weight is 575 g/mol. The first kappa shape index (κ1) is 29.2. The summed E-state index contributed by atoms with van der Waals surface area (Å²) < 4.78 is 44.9. The van der Waals surface area contributed by atoms with Crippen LogP contribution in [0.5, 0.6) is 5.75 Å². The molecule has 5 atom stereocenters. The normalized spacial score (nSPS) is 24.1. The Bertz CT molecular complexity index is 1380. The molecule has 0 radical (unpaired) electrons. The fourth-order valence-electron chi connectivity index (χ4n) is 4.81. The Morgan fingerprint density at radius 2 is 1.17 bits per heavy atom. The molecule has 1 aliphatic heterocycles. The van der Waals surface area contributed by atoms with Gasteiger partial charge in [0.15, 0.2) is 5.85 Å². The van der Waals surface area contributed by atoms with Crippen LogP contribution < -0.4 is 10.0 Å². The number of hydrogen-bond donors (Lipinski definition) is 1. The van der Waals surface area contributed by atoms with E-state index in [0.717, 1.165) is 16.7 Å². The molecule has 4 aromatic carbocycles. The minimum absolute atomic E-state index is 0.0897. The van der Waals surface area contributed by atoms with Crippen LogP contribution in [-0.2, 0) is 43.1 Å². The highest BCUT2D eigenvalue weighted by Gasteiger charge is 2.54. The fourth-order valence-corrected chi connectivity index (χ4v) is 7.15. The van der Waals surface area contributed by atoms with Crippen LogP contribution in [-0.4, -0.2) is 43.0 Å². The Morgan fingerprint density at radius 3 is 1.68 bits per heavy atom. The van der Waals surface area contributed by atoms with E-state index in [1.165, 1.54) is 0 Å². The van der Waals surface area contributed by atoms with Crippen LogP contribution in [0.15, 0.2) is 115 Å². The number of hydrogen-bond acceptors (Lipinski definition) is 7. The van der Waals surface area contributed by atoms with Gasteiger partial charge in [-0.05, 0) is 41.0 Å². The molecule has 1 heterocycles. The highest BCUT2D eigenvalue weighted by Crippen LogP contribution is 2.57. The van der Waals surface area contributed by atoms with Gasteiger partial charge in [-0.1, -0.05) is 91.0 Å². The summed E-state index contributed by atoms with van der Waals surface area (Å²) in [5.41, 5.74) is 2.88. The van der Waals surface area contributed by atoms with E-state index < -0.39 is 31.5 Å².